The fourth-order valence-electron chi connectivity index (χ4n) is 3.88. The topological polar surface area (TPSA) is 67.9 Å². The van der Waals surface area contributed by atoms with Gasteiger partial charge in [0.25, 0.3) is 5.91 Å². The summed E-state index contributed by atoms with van der Waals surface area (Å²) in [6, 6.07) is 14.9. The molecule has 1 N–H and O–H groups in total. The first-order valence-electron chi connectivity index (χ1n) is 9.91. The predicted octanol–water partition coefficient (Wildman–Crippen LogP) is 3.59. The number of imide groups is 1. The fraction of sp³-hybridized carbons (Fsp3) is 0.391. The first kappa shape index (κ1) is 19.3. The zero-order chi connectivity index (χ0) is 20.6. The average molecular weight is 394 g/mol. The van der Waals surface area contributed by atoms with Gasteiger partial charge in [0.15, 0.2) is 5.54 Å². The Morgan fingerprint density at radius 2 is 1.83 bits per heavy atom. The normalized spacial score (nSPS) is 21.0. The second-order valence-corrected chi connectivity index (χ2v) is 8.51. The van der Waals surface area contributed by atoms with E-state index in [0.717, 1.165) is 5.75 Å². The van der Waals surface area contributed by atoms with Crippen LogP contribution in [0.15, 0.2) is 48.5 Å². The summed E-state index contributed by atoms with van der Waals surface area (Å²) in [7, 11) is 0. The van der Waals surface area contributed by atoms with Crippen molar-refractivity contribution in [1.29, 1.82) is 0 Å². The lowest BCUT2D eigenvalue weighted by molar-refractivity contribution is -0.132. The van der Waals surface area contributed by atoms with Gasteiger partial charge in [0, 0.05) is 12.0 Å². The third kappa shape index (κ3) is 3.43. The lowest BCUT2D eigenvalue weighted by Crippen LogP contribution is -2.47. The summed E-state index contributed by atoms with van der Waals surface area (Å²) in [6.45, 7) is 7.28. The maximum Gasteiger partial charge on any atom is 0.325 e. The minimum atomic E-state index is -1.04. The Labute approximate surface area is 170 Å². The first-order chi connectivity index (χ1) is 13.8. The SMILES string of the molecule is CC(C)(C)c1ccc(OCCN2C(=O)NC3(CCOc4ccccc43)C2=O)cc1. The first-order valence-corrected chi connectivity index (χ1v) is 9.91. The van der Waals surface area contributed by atoms with Gasteiger partial charge in [-0.3, -0.25) is 9.69 Å². The monoisotopic (exact) mass is 394 g/mol. The number of carbonyl (C=O) groups excluding carboxylic acids is 2. The molecule has 3 amide bonds. The maximum atomic E-state index is 13.2. The number of hydrogen-bond donors (Lipinski definition) is 1. The molecule has 29 heavy (non-hydrogen) atoms. The Morgan fingerprint density at radius 3 is 2.55 bits per heavy atom. The van der Waals surface area contributed by atoms with Crippen LogP contribution in [0.4, 0.5) is 4.79 Å². The molecule has 2 aromatic rings. The summed E-state index contributed by atoms with van der Waals surface area (Å²) in [5, 5.41) is 2.90. The molecule has 0 aromatic heterocycles. The molecule has 1 atom stereocenters. The Hall–Kier alpha value is -3.02. The van der Waals surface area contributed by atoms with E-state index in [1.807, 2.05) is 48.5 Å². The molecule has 0 aliphatic carbocycles. The number of para-hydroxylation sites is 1. The van der Waals surface area contributed by atoms with Crippen LogP contribution in [0, 0.1) is 0 Å². The van der Waals surface area contributed by atoms with E-state index in [4.69, 9.17) is 9.47 Å². The van der Waals surface area contributed by atoms with Crippen molar-refractivity contribution in [3.63, 3.8) is 0 Å². The maximum absolute atomic E-state index is 13.2. The molecule has 2 aliphatic heterocycles. The van der Waals surface area contributed by atoms with Crippen molar-refractivity contribution in [2.45, 2.75) is 38.1 Å². The van der Waals surface area contributed by atoms with Crippen molar-refractivity contribution >= 4 is 11.9 Å². The molecule has 0 bridgehead atoms. The van der Waals surface area contributed by atoms with Crippen molar-refractivity contribution < 1.29 is 19.1 Å². The summed E-state index contributed by atoms with van der Waals surface area (Å²) < 4.78 is 11.4. The predicted molar refractivity (Wildman–Crippen MR) is 109 cm³/mol. The summed E-state index contributed by atoms with van der Waals surface area (Å²) in [6.07, 6.45) is 0.417. The third-order valence-electron chi connectivity index (χ3n) is 5.56. The molecule has 152 valence electrons. The molecule has 1 saturated heterocycles. The van der Waals surface area contributed by atoms with Gasteiger partial charge >= 0.3 is 6.03 Å². The quantitative estimate of drug-likeness (QED) is 0.805. The van der Waals surface area contributed by atoms with Gasteiger partial charge in [0.2, 0.25) is 0 Å². The molecule has 6 nitrogen and oxygen atoms in total. The van der Waals surface area contributed by atoms with Crippen LogP contribution in [-0.4, -0.2) is 36.6 Å². The lowest BCUT2D eigenvalue weighted by atomic mass is 9.84. The molecule has 1 unspecified atom stereocenters. The zero-order valence-corrected chi connectivity index (χ0v) is 17.0. The van der Waals surface area contributed by atoms with Gasteiger partial charge in [0.1, 0.15) is 18.1 Å². The molecule has 2 aliphatic rings. The van der Waals surface area contributed by atoms with Crippen LogP contribution in [0.25, 0.3) is 0 Å². The lowest BCUT2D eigenvalue weighted by Gasteiger charge is -2.33. The number of rotatable bonds is 4. The van der Waals surface area contributed by atoms with Crippen molar-refractivity contribution in [3.8, 4) is 11.5 Å². The van der Waals surface area contributed by atoms with Gasteiger partial charge in [-0.2, -0.15) is 0 Å². The largest absolute Gasteiger partial charge is 0.493 e. The smallest absolute Gasteiger partial charge is 0.325 e. The van der Waals surface area contributed by atoms with Gasteiger partial charge in [-0.15, -0.1) is 0 Å². The number of benzene rings is 2. The van der Waals surface area contributed by atoms with Crippen molar-refractivity contribution in [2.24, 2.45) is 0 Å². The van der Waals surface area contributed by atoms with Crippen LogP contribution in [0.5, 0.6) is 11.5 Å². The van der Waals surface area contributed by atoms with Gasteiger partial charge in [0.05, 0.1) is 13.2 Å². The molecule has 4 rings (SSSR count). The number of fused-ring (bicyclic) bond motifs is 2. The molecule has 2 heterocycles. The van der Waals surface area contributed by atoms with Gasteiger partial charge < -0.3 is 14.8 Å². The van der Waals surface area contributed by atoms with Crippen molar-refractivity contribution in [1.82, 2.24) is 10.2 Å². The van der Waals surface area contributed by atoms with Crippen LogP contribution >= 0.6 is 0 Å². The zero-order valence-electron chi connectivity index (χ0n) is 17.0. The van der Waals surface area contributed by atoms with E-state index in [9.17, 15) is 9.59 Å². The third-order valence-corrected chi connectivity index (χ3v) is 5.56. The number of ether oxygens (including phenoxy) is 2. The summed E-state index contributed by atoms with van der Waals surface area (Å²) in [5.41, 5.74) is 0.970. The number of urea groups is 1. The fourth-order valence-corrected chi connectivity index (χ4v) is 3.88. The highest BCUT2D eigenvalue weighted by Gasteiger charge is 2.54. The summed E-state index contributed by atoms with van der Waals surface area (Å²) in [5.74, 6) is 1.12. The molecule has 0 radical (unpaired) electrons. The Kier molecular flexibility index (Phi) is 4.73. The summed E-state index contributed by atoms with van der Waals surface area (Å²) >= 11 is 0. The van der Waals surface area contributed by atoms with Crippen LogP contribution in [0.3, 0.4) is 0 Å². The Balaban J connectivity index is 1.43. The van der Waals surface area contributed by atoms with E-state index in [2.05, 4.69) is 26.1 Å². The molecular weight excluding hydrogens is 368 g/mol. The van der Waals surface area contributed by atoms with E-state index in [1.54, 1.807) is 0 Å². The van der Waals surface area contributed by atoms with E-state index in [0.29, 0.717) is 24.3 Å². The molecule has 1 spiro atoms. The van der Waals surface area contributed by atoms with Crippen LogP contribution in [0.2, 0.25) is 0 Å². The number of hydrogen-bond acceptors (Lipinski definition) is 4. The van der Waals surface area contributed by atoms with E-state index < -0.39 is 11.6 Å². The molecule has 0 saturated carbocycles. The molecule has 2 aromatic carbocycles. The Bertz CT molecular complexity index is 933. The van der Waals surface area contributed by atoms with Gasteiger partial charge in [-0.25, -0.2) is 4.79 Å². The van der Waals surface area contributed by atoms with Crippen molar-refractivity contribution in [2.75, 3.05) is 19.8 Å². The summed E-state index contributed by atoms with van der Waals surface area (Å²) in [4.78, 5) is 27.0. The molecular formula is C23H26N2O4. The van der Waals surface area contributed by atoms with E-state index >= 15 is 0 Å². The minimum Gasteiger partial charge on any atom is -0.493 e. The molecule has 1 fully saturated rings. The number of carbonyl (C=O) groups is 2. The Morgan fingerprint density at radius 1 is 1.10 bits per heavy atom. The van der Waals surface area contributed by atoms with E-state index in [1.165, 1.54) is 10.5 Å². The standard InChI is InChI=1S/C23H26N2O4/c1-22(2,3)16-8-10-17(11-9-16)28-15-13-25-20(26)23(24-21(25)27)12-14-29-19-7-5-4-6-18(19)23/h4-11H,12-15H2,1-3H3,(H,24,27). The van der Waals surface area contributed by atoms with Crippen LogP contribution < -0.4 is 14.8 Å². The highest BCUT2D eigenvalue weighted by atomic mass is 16.5. The van der Waals surface area contributed by atoms with Crippen molar-refractivity contribution in [3.05, 3.63) is 59.7 Å². The second-order valence-electron chi connectivity index (χ2n) is 8.51. The molecule has 6 heteroatoms. The number of nitrogens with one attached hydrogen (secondary N) is 1. The second kappa shape index (κ2) is 7.10. The number of nitrogens with zero attached hydrogens (tertiary/aromatic N) is 1. The van der Waals surface area contributed by atoms with Gasteiger partial charge in [-0.05, 0) is 29.2 Å². The minimum absolute atomic E-state index is 0.0763. The highest BCUT2D eigenvalue weighted by molar-refractivity contribution is 6.08. The van der Waals surface area contributed by atoms with Gasteiger partial charge in [-0.1, -0.05) is 51.1 Å². The highest BCUT2D eigenvalue weighted by Crippen LogP contribution is 2.40. The average Bonchev–Trinajstić information content (AvgIpc) is 2.93. The number of amides is 3. The van der Waals surface area contributed by atoms with E-state index in [-0.39, 0.29) is 24.5 Å². The van der Waals surface area contributed by atoms with Crippen LogP contribution in [-0.2, 0) is 15.7 Å². The van der Waals surface area contributed by atoms with Crippen LogP contribution in [0.1, 0.15) is 38.3 Å².